The molecule has 0 saturated heterocycles. The Morgan fingerprint density at radius 1 is 1.19 bits per heavy atom. The number of rotatable bonds is 11. The van der Waals surface area contributed by atoms with Crippen LogP contribution in [0.5, 0.6) is 0 Å². The number of nitrogens with one attached hydrogen (secondary N) is 1. The smallest absolute Gasteiger partial charge is 0.242 e. The molecule has 6 nitrogen and oxygen atoms in total. The van der Waals surface area contributed by atoms with Crippen molar-refractivity contribution in [3.63, 3.8) is 0 Å². The molecular formula is C21H36N4O2. The van der Waals surface area contributed by atoms with Crippen molar-refractivity contribution in [3.8, 4) is 0 Å². The second-order valence-electron chi connectivity index (χ2n) is 6.44. The van der Waals surface area contributed by atoms with E-state index in [2.05, 4.69) is 29.4 Å². The van der Waals surface area contributed by atoms with E-state index in [1.165, 1.54) is 5.56 Å². The quantitative estimate of drug-likeness (QED) is 0.366. The fraction of sp³-hybridized carbons (Fsp3) is 0.619. The van der Waals surface area contributed by atoms with Gasteiger partial charge in [-0.25, -0.2) is 0 Å². The van der Waals surface area contributed by atoms with E-state index in [1.807, 2.05) is 55.8 Å². The van der Waals surface area contributed by atoms with Crippen LogP contribution in [0.15, 0.2) is 35.3 Å². The number of carbonyl (C=O) groups excluding carboxylic acids is 1. The summed E-state index contributed by atoms with van der Waals surface area (Å²) < 4.78 is 5.89. The zero-order valence-electron chi connectivity index (χ0n) is 17.6. The normalized spacial score (nSPS) is 12.6. The molecule has 1 aromatic rings. The van der Waals surface area contributed by atoms with Gasteiger partial charge in [-0.3, -0.25) is 9.79 Å². The molecule has 0 spiro atoms. The number of amides is 1. The second kappa shape index (κ2) is 13.1. The lowest BCUT2D eigenvalue weighted by Gasteiger charge is -2.25. The first-order chi connectivity index (χ1) is 13.0. The molecule has 1 unspecified atom stereocenters. The third-order valence-electron chi connectivity index (χ3n) is 4.39. The van der Waals surface area contributed by atoms with Gasteiger partial charge in [-0.05, 0) is 39.7 Å². The van der Waals surface area contributed by atoms with Crippen LogP contribution in [0.1, 0.15) is 45.8 Å². The largest absolute Gasteiger partial charge is 0.374 e. The number of likely N-dealkylation sites (N-methyl/N-ethyl adjacent to an activating group) is 2. The van der Waals surface area contributed by atoms with E-state index in [0.717, 1.165) is 32.0 Å². The van der Waals surface area contributed by atoms with Crippen molar-refractivity contribution in [2.75, 3.05) is 46.4 Å². The lowest BCUT2D eigenvalue weighted by atomic mass is 10.1. The number of hydrogen-bond acceptors (Lipinski definition) is 3. The summed E-state index contributed by atoms with van der Waals surface area (Å²) in [7, 11) is 1.90. The lowest BCUT2D eigenvalue weighted by molar-refractivity contribution is -0.131. The number of aliphatic imine (C=N–C) groups is 1. The number of carbonyl (C=O) groups is 1. The average Bonchev–Trinajstić information content (AvgIpc) is 2.68. The first kappa shape index (κ1) is 23.0. The Morgan fingerprint density at radius 3 is 2.44 bits per heavy atom. The summed E-state index contributed by atoms with van der Waals surface area (Å²) in [4.78, 5) is 20.6. The molecule has 0 aromatic heterocycles. The third kappa shape index (κ3) is 8.43. The lowest BCUT2D eigenvalue weighted by Crippen LogP contribution is -2.45. The Labute approximate surface area is 164 Å². The Morgan fingerprint density at radius 2 is 1.85 bits per heavy atom. The van der Waals surface area contributed by atoms with Gasteiger partial charge in [-0.1, -0.05) is 30.3 Å². The maximum absolute atomic E-state index is 12.3. The van der Waals surface area contributed by atoms with Crippen molar-refractivity contribution in [2.45, 2.75) is 40.2 Å². The van der Waals surface area contributed by atoms with Crippen LogP contribution in [-0.2, 0) is 9.53 Å². The molecule has 0 aliphatic heterocycles. The fourth-order valence-electron chi connectivity index (χ4n) is 2.75. The van der Waals surface area contributed by atoms with Crippen LogP contribution in [0.4, 0.5) is 0 Å². The van der Waals surface area contributed by atoms with Crippen molar-refractivity contribution in [3.05, 3.63) is 35.9 Å². The molecule has 0 saturated carbocycles. The zero-order chi connectivity index (χ0) is 20.1. The van der Waals surface area contributed by atoms with Gasteiger partial charge in [0, 0.05) is 39.8 Å². The van der Waals surface area contributed by atoms with Gasteiger partial charge in [0.1, 0.15) is 0 Å². The summed E-state index contributed by atoms with van der Waals surface area (Å²) in [5.41, 5.74) is 1.18. The zero-order valence-corrected chi connectivity index (χ0v) is 17.6. The second-order valence-corrected chi connectivity index (χ2v) is 6.44. The highest BCUT2D eigenvalue weighted by Crippen LogP contribution is 2.15. The van der Waals surface area contributed by atoms with Crippen LogP contribution in [0, 0.1) is 0 Å². The first-order valence-electron chi connectivity index (χ1n) is 9.97. The molecule has 1 N–H and O–H groups in total. The average molecular weight is 377 g/mol. The maximum Gasteiger partial charge on any atom is 0.242 e. The Hall–Kier alpha value is -2.08. The highest BCUT2D eigenvalue weighted by atomic mass is 16.5. The van der Waals surface area contributed by atoms with E-state index in [1.54, 1.807) is 0 Å². The highest BCUT2D eigenvalue weighted by molar-refractivity contribution is 5.86. The van der Waals surface area contributed by atoms with E-state index in [9.17, 15) is 4.79 Å². The molecule has 0 radical (unpaired) electrons. The van der Waals surface area contributed by atoms with Gasteiger partial charge < -0.3 is 19.9 Å². The summed E-state index contributed by atoms with van der Waals surface area (Å²) in [6.07, 6.45) is 0.918. The SMILES string of the molecule is CCNC(=NCCCOC(C)c1ccccc1)N(C)CC(=O)N(CC)CC. The van der Waals surface area contributed by atoms with Crippen LogP contribution in [-0.4, -0.2) is 68.0 Å². The first-order valence-corrected chi connectivity index (χ1v) is 9.97. The van der Waals surface area contributed by atoms with Gasteiger partial charge in [-0.15, -0.1) is 0 Å². The minimum atomic E-state index is 0.0813. The number of benzene rings is 1. The molecule has 1 amide bonds. The van der Waals surface area contributed by atoms with Crippen LogP contribution in [0.2, 0.25) is 0 Å². The minimum absolute atomic E-state index is 0.0813. The van der Waals surface area contributed by atoms with Crippen molar-refractivity contribution in [1.82, 2.24) is 15.1 Å². The highest BCUT2D eigenvalue weighted by Gasteiger charge is 2.14. The third-order valence-corrected chi connectivity index (χ3v) is 4.39. The molecule has 1 aromatic carbocycles. The molecule has 6 heteroatoms. The summed E-state index contributed by atoms with van der Waals surface area (Å²) in [6, 6.07) is 10.2. The van der Waals surface area contributed by atoms with Crippen LogP contribution in [0.25, 0.3) is 0 Å². The van der Waals surface area contributed by atoms with Crippen LogP contribution in [0.3, 0.4) is 0 Å². The predicted molar refractivity (Wildman–Crippen MR) is 112 cm³/mol. The van der Waals surface area contributed by atoms with Gasteiger partial charge in [0.25, 0.3) is 0 Å². The van der Waals surface area contributed by atoms with Gasteiger partial charge in [0.2, 0.25) is 5.91 Å². The molecule has 0 fully saturated rings. The van der Waals surface area contributed by atoms with E-state index < -0.39 is 0 Å². The van der Waals surface area contributed by atoms with Crippen molar-refractivity contribution in [2.24, 2.45) is 4.99 Å². The molecule has 152 valence electrons. The van der Waals surface area contributed by atoms with E-state index in [-0.39, 0.29) is 12.0 Å². The summed E-state index contributed by atoms with van der Waals surface area (Å²) in [5.74, 6) is 0.877. The van der Waals surface area contributed by atoms with Gasteiger partial charge >= 0.3 is 0 Å². The topological polar surface area (TPSA) is 57.2 Å². The molecule has 0 bridgehead atoms. The fourth-order valence-corrected chi connectivity index (χ4v) is 2.75. The molecule has 1 rings (SSSR count). The maximum atomic E-state index is 12.3. The molecule has 0 heterocycles. The van der Waals surface area contributed by atoms with Gasteiger partial charge in [0.15, 0.2) is 5.96 Å². The number of hydrogen-bond donors (Lipinski definition) is 1. The van der Waals surface area contributed by atoms with E-state index in [4.69, 9.17) is 4.74 Å². The number of nitrogens with zero attached hydrogens (tertiary/aromatic N) is 3. The summed E-state index contributed by atoms with van der Waals surface area (Å²) in [6.45, 7) is 12.0. The summed E-state index contributed by atoms with van der Waals surface area (Å²) >= 11 is 0. The standard InChI is InChI=1S/C21H36N4O2/c1-6-22-21(24(5)17-20(26)25(7-2)8-3)23-15-12-16-27-18(4)19-13-10-9-11-14-19/h9-11,13-14,18H,6-8,12,15-17H2,1-5H3,(H,22,23). The molecule has 27 heavy (non-hydrogen) atoms. The molecular weight excluding hydrogens is 340 g/mol. The monoisotopic (exact) mass is 376 g/mol. The Balaban J connectivity index is 2.45. The van der Waals surface area contributed by atoms with Crippen molar-refractivity contribution in [1.29, 1.82) is 0 Å². The van der Waals surface area contributed by atoms with Gasteiger partial charge in [0.05, 0.1) is 12.6 Å². The minimum Gasteiger partial charge on any atom is -0.374 e. The number of ether oxygens (including phenoxy) is 1. The summed E-state index contributed by atoms with van der Waals surface area (Å²) in [5, 5.41) is 3.25. The van der Waals surface area contributed by atoms with Crippen LogP contribution >= 0.6 is 0 Å². The molecule has 0 aliphatic rings. The predicted octanol–water partition coefficient (Wildman–Crippen LogP) is 2.92. The number of guanidine groups is 1. The molecule has 1 atom stereocenters. The van der Waals surface area contributed by atoms with Crippen molar-refractivity contribution >= 4 is 11.9 Å². The van der Waals surface area contributed by atoms with E-state index >= 15 is 0 Å². The molecule has 0 aliphatic carbocycles. The van der Waals surface area contributed by atoms with Crippen molar-refractivity contribution < 1.29 is 9.53 Å². The van der Waals surface area contributed by atoms with E-state index in [0.29, 0.717) is 19.7 Å². The van der Waals surface area contributed by atoms with Crippen LogP contribution < -0.4 is 5.32 Å². The Bertz CT molecular complexity index is 559. The van der Waals surface area contributed by atoms with Gasteiger partial charge in [-0.2, -0.15) is 0 Å². The Kier molecular flexibility index (Phi) is 11.2.